The average molecular weight is 282 g/mol. The summed E-state index contributed by atoms with van der Waals surface area (Å²) in [6.07, 6.45) is 1.69. The molecule has 0 bridgehead atoms. The van der Waals surface area contributed by atoms with Crippen LogP contribution in [0.2, 0.25) is 0 Å². The third-order valence-corrected chi connectivity index (χ3v) is 6.00. The molecule has 1 saturated heterocycles. The molecule has 1 unspecified atom stereocenters. The maximum atomic E-state index is 12.5. The highest BCUT2D eigenvalue weighted by atomic mass is 32.2. The van der Waals surface area contributed by atoms with Crippen molar-refractivity contribution in [2.45, 2.75) is 31.6 Å². The van der Waals surface area contributed by atoms with Crippen LogP contribution in [0.3, 0.4) is 0 Å². The van der Waals surface area contributed by atoms with Crippen molar-refractivity contribution >= 4 is 10.0 Å². The van der Waals surface area contributed by atoms with Gasteiger partial charge in [-0.3, -0.25) is 0 Å². The lowest BCUT2D eigenvalue weighted by Gasteiger charge is -2.28. The van der Waals surface area contributed by atoms with Crippen LogP contribution in [0.25, 0.3) is 0 Å². The quantitative estimate of drug-likeness (QED) is 0.910. The minimum Gasteiger partial charge on any atom is -0.315 e. The van der Waals surface area contributed by atoms with E-state index in [1.54, 1.807) is 7.05 Å². The lowest BCUT2D eigenvalue weighted by atomic mass is 10.1. The topological polar surface area (TPSA) is 49.4 Å². The van der Waals surface area contributed by atoms with Gasteiger partial charge in [0.15, 0.2) is 0 Å². The Hall–Kier alpha value is -0.910. The smallest absolute Gasteiger partial charge is 0.218 e. The lowest BCUT2D eigenvalue weighted by molar-refractivity contribution is 0.429. The molecule has 1 aromatic carbocycles. The molecule has 1 N–H and O–H groups in total. The van der Waals surface area contributed by atoms with Gasteiger partial charge in [0.1, 0.15) is 0 Å². The molecule has 4 nitrogen and oxygen atoms in total. The van der Waals surface area contributed by atoms with Crippen LogP contribution in [0.1, 0.15) is 24.0 Å². The minimum absolute atomic E-state index is 0.282. The molecule has 0 amide bonds. The molecular weight excluding hydrogens is 260 g/mol. The molecule has 1 heterocycles. The molecule has 5 heteroatoms. The molecule has 19 heavy (non-hydrogen) atoms. The van der Waals surface area contributed by atoms with Crippen LogP contribution >= 0.6 is 0 Å². The molecule has 1 aromatic rings. The summed E-state index contributed by atoms with van der Waals surface area (Å²) < 4.78 is 26.5. The van der Waals surface area contributed by atoms with Gasteiger partial charge >= 0.3 is 0 Å². The van der Waals surface area contributed by atoms with E-state index in [-0.39, 0.29) is 5.25 Å². The second kappa shape index (κ2) is 6.03. The van der Waals surface area contributed by atoms with Gasteiger partial charge in [0.05, 0.1) is 5.25 Å². The summed E-state index contributed by atoms with van der Waals surface area (Å²) >= 11 is 0. The molecule has 1 aliphatic heterocycles. The van der Waals surface area contributed by atoms with Crippen molar-refractivity contribution < 1.29 is 8.42 Å². The van der Waals surface area contributed by atoms with Gasteiger partial charge in [-0.25, -0.2) is 12.7 Å². The molecule has 1 atom stereocenters. The second-order valence-corrected chi connectivity index (χ2v) is 7.52. The highest BCUT2D eigenvalue weighted by molar-refractivity contribution is 7.89. The highest BCUT2D eigenvalue weighted by Crippen LogP contribution is 2.18. The van der Waals surface area contributed by atoms with Gasteiger partial charge in [0.25, 0.3) is 0 Å². The maximum absolute atomic E-state index is 12.5. The van der Waals surface area contributed by atoms with Crippen LogP contribution < -0.4 is 5.32 Å². The molecule has 1 aliphatic rings. The van der Waals surface area contributed by atoms with Crippen molar-refractivity contribution in [3.8, 4) is 0 Å². The van der Waals surface area contributed by atoms with E-state index < -0.39 is 10.0 Å². The van der Waals surface area contributed by atoms with E-state index in [1.807, 2.05) is 31.2 Å². The van der Waals surface area contributed by atoms with Gasteiger partial charge in [0.2, 0.25) is 10.0 Å². The van der Waals surface area contributed by atoms with E-state index >= 15 is 0 Å². The number of benzene rings is 1. The molecule has 106 valence electrons. The molecular formula is C14H22N2O2S. The minimum atomic E-state index is -3.21. The van der Waals surface area contributed by atoms with Crippen molar-refractivity contribution in [3.05, 3.63) is 35.4 Å². The summed E-state index contributed by atoms with van der Waals surface area (Å²) in [6, 6.07) is 7.92. The summed E-state index contributed by atoms with van der Waals surface area (Å²) in [7, 11) is -1.53. The Morgan fingerprint density at radius 3 is 2.74 bits per heavy atom. The van der Waals surface area contributed by atoms with Gasteiger partial charge in [-0.15, -0.1) is 0 Å². The summed E-state index contributed by atoms with van der Waals surface area (Å²) in [5, 5.41) is 2.88. The molecule has 0 spiro atoms. The zero-order chi connectivity index (χ0) is 13.9. The van der Waals surface area contributed by atoms with Crippen molar-refractivity contribution in [3.63, 3.8) is 0 Å². The van der Waals surface area contributed by atoms with Gasteiger partial charge < -0.3 is 5.32 Å². The predicted molar refractivity (Wildman–Crippen MR) is 77.5 cm³/mol. The first kappa shape index (κ1) is 14.5. The number of hydrogen-bond donors (Lipinski definition) is 1. The maximum Gasteiger partial charge on any atom is 0.218 e. The molecule has 0 saturated carbocycles. The third kappa shape index (κ3) is 3.35. The predicted octanol–water partition coefficient (Wildman–Crippen LogP) is 1.51. The van der Waals surface area contributed by atoms with Crippen LogP contribution in [0.5, 0.6) is 0 Å². The number of piperidine rings is 1. The largest absolute Gasteiger partial charge is 0.315 e. The number of rotatable bonds is 4. The Balaban J connectivity index is 2.10. The van der Waals surface area contributed by atoms with E-state index in [2.05, 4.69) is 5.32 Å². The molecule has 2 rings (SSSR count). The molecule has 0 aromatic heterocycles. The van der Waals surface area contributed by atoms with Crippen molar-refractivity contribution in [1.29, 1.82) is 0 Å². The fraction of sp³-hybridized carbons (Fsp3) is 0.571. The van der Waals surface area contributed by atoms with E-state index in [1.165, 1.54) is 4.31 Å². The Kier molecular flexibility index (Phi) is 4.60. The first-order valence-corrected chi connectivity index (χ1v) is 8.22. The van der Waals surface area contributed by atoms with Crippen LogP contribution in [0, 0.1) is 6.92 Å². The molecule has 1 fully saturated rings. The third-order valence-electron chi connectivity index (χ3n) is 3.76. The summed E-state index contributed by atoms with van der Waals surface area (Å²) in [5.74, 6) is 0. The fourth-order valence-electron chi connectivity index (χ4n) is 2.45. The second-order valence-electron chi connectivity index (χ2n) is 5.20. The zero-order valence-corrected chi connectivity index (χ0v) is 12.4. The number of aryl methyl sites for hydroxylation is 1. The number of nitrogens with zero attached hydrogens (tertiary/aromatic N) is 1. The Morgan fingerprint density at radius 2 is 2.11 bits per heavy atom. The lowest BCUT2D eigenvalue weighted by Crippen LogP contribution is -2.44. The van der Waals surface area contributed by atoms with Crippen molar-refractivity contribution in [2.75, 3.05) is 20.1 Å². The van der Waals surface area contributed by atoms with Gasteiger partial charge in [-0.1, -0.05) is 24.3 Å². The van der Waals surface area contributed by atoms with Crippen LogP contribution in [-0.2, 0) is 16.6 Å². The SMILES string of the molecule is Cc1ccccc1CN(C)S(=O)(=O)C1CCCNC1. The van der Waals surface area contributed by atoms with E-state index in [0.717, 1.165) is 30.5 Å². The van der Waals surface area contributed by atoms with E-state index in [9.17, 15) is 8.42 Å². The Labute approximate surface area is 115 Å². The van der Waals surface area contributed by atoms with Crippen molar-refractivity contribution in [2.24, 2.45) is 0 Å². The summed E-state index contributed by atoms with van der Waals surface area (Å²) in [6.45, 7) is 3.96. The average Bonchev–Trinajstić information content (AvgIpc) is 2.42. The van der Waals surface area contributed by atoms with Gasteiger partial charge in [-0.05, 0) is 37.4 Å². The number of hydrogen-bond acceptors (Lipinski definition) is 3. The van der Waals surface area contributed by atoms with Crippen molar-refractivity contribution in [1.82, 2.24) is 9.62 Å². The fourth-order valence-corrected chi connectivity index (χ4v) is 4.07. The number of sulfonamides is 1. The number of nitrogens with one attached hydrogen (secondary N) is 1. The molecule has 0 radical (unpaired) electrons. The normalized spacial score (nSPS) is 20.7. The van der Waals surface area contributed by atoms with Gasteiger partial charge in [0, 0.05) is 20.1 Å². The monoisotopic (exact) mass is 282 g/mol. The summed E-state index contributed by atoms with van der Waals surface area (Å²) in [4.78, 5) is 0. The Morgan fingerprint density at radius 1 is 1.37 bits per heavy atom. The van der Waals surface area contributed by atoms with Crippen LogP contribution in [-0.4, -0.2) is 38.1 Å². The highest BCUT2D eigenvalue weighted by Gasteiger charge is 2.30. The van der Waals surface area contributed by atoms with E-state index in [0.29, 0.717) is 13.1 Å². The van der Waals surface area contributed by atoms with Crippen LogP contribution in [0.15, 0.2) is 24.3 Å². The Bertz CT molecular complexity index is 522. The zero-order valence-electron chi connectivity index (χ0n) is 11.6. The first-order chi connectivity index (χ1) is 9.01. The standard InChI is InChI=1S/C14H22N2O2S/c1-12-6-3-4-7-13(12)11-16(2)19(17,18)14-8-5-9-15-10-14/h3-4,6-7,14-15H,5,8-11H2,1-2H3. The summed E-state index contributed by atoms with van der Waals surface area (Å²) in [5.41, 5.74) is 2.20. The first-order valence-electron chi connectivity index (χ1n) is 6.72. The van der Waals surface area contributed by atoms with Gasteiger partial charge in [-0.2, -0.15) is 0 Å². The van der Waals surface area contributed by atoms with E-state index in [4.69, 9.17) is 0 Å². The molecule has 0 aliphatic carbocycles. The van der Waals surface area contributed by atoms with Crippen LogP contribution in [0.4, 0.5) is 0 Å².